The van der Waals surface area contributed by atoms with Gasteiger partial charge in [0.1, 0.15) is 9.84 Å². The highest BCUT2D eigenvalue weighted by atomic mass is 32.2. The molecule has 0 aliphatic carbocycles. The maximum atomic E-state index is 11.2. The summed E-state index contributed by atoms with van der Waals surface area (Å²) in [6.07, 6.45) is 7.60. The van der Waals surface area contributed by atoms with Crippen LogP contribution in [0.2, 0.25) is 0 Å². The van der Waals surface area contributed by atoms with Gasteiger partial charge < -0.3 is 5.32 Å². The molecule has 1 saturated heterocycles. The quantitative estimate of drug-likeness (QED) is 0.700. The molecular weight excluding hydrogens is 198 g/mol. The molecule has 1 heterocycles. The lowest BCUT2D eigenvalue weighted by Gasteiger charge is -2.25. The Hall–Kier alpha value is -0.530. The van der Waals surface area contributed by atoms with E-state index in [9.17, 15) is 8.42 Å². The van der Waals surface area contributed by atoms with Crippen LogP contribution in [0.5, 0.6) is 0 Å². The number of nitrogens with one attached hydrogen (secondary N) is 1. The highest BCUT2D eigenvalue weighted by Crippen LogP contribution is 2.12. The molecule has 0 spiro atoms. The van der Waals surface area contributed by atoms with Gasteiger partial charge in [-0.25, -0.2) is 8.42 Å². The van der Waals surface area contributed by atoms with E-state index in [1.54, 1.807) is 0 Å². The summed E-state index contributed by atoms with van der Waals surface area (Å²) in [5.74, 6) is 3.25. The largest absolute Gasteiger partial charge is 0.301 e. The zero-order chi connectivity index (χ0) is 10.6. The second-order valence-corrected chi connectivity index (χ2v) is 6.02. The summed E-state index contributed by atoms with van der Waals surface area (Å²) in [5, 5.41) is 3.29. The third-order valence-corrected chi connectivity index (χ3v) is 4.32. The molecule has 3 nitrogen and oxygen atoms in total. The number of hydrogen-bond donors (Lipinski definition) is 1. The van der Waals surface area contributed by atoms with Crippen LogP contribution in [-0.2, 0) is 9.84 Å². The minimum Gasteiger partial charge on any atom is -0.301 e. The Morgan fingerprint density at radius 1 is 1.50 bits per heavy atom. The van der Waals surface area contributed by atoms with E-state index >= 15 is 0 Å². The Bertz CT molecular complexity index is 302. The van der Waals surface area contributed by atoms with Crippen molar-refractivity contribution in [3.63, 3.8) is 0 Å². The third kappa shape index (κ3) is 3.32. The zero-order valence-corrected chi connectivity index (χ0v) is 9.31. The first-order valence-electron chi connectivity index (χ1n) is 5.00. The third-order valence-electron chi connectivity index (χ3n) is 2.60. The van der Waals surface area contributed by atoms with E-state index in [0.717, 1.165) is 6.42 Å². The summed E-state index contributed by atoms with van der Waals surface area (Å²) >= 11 is 0. The molecule has 4 heteroatoms. The molecule has 0 aromatic heterocycles. The van der Waals surface area contributed by atoms with Crippen molar-refractivity contribution in [3.8, 4) is 12.3 Å². The molecule has 1 atom stereocenters. The lowest BCUT2D eigenvalue weighted by molar-refractivity contribution is 0.433. The molecule has 1 rings (SSSR count). The van der Waals surface area contributed by atoms with Crippen molar-refractivity contribution in [3.05, 3.63) is 0 Å². The summed E-state index contributed by atoms with van der Waals surface area (Å²) in [6, 6.07) is 0.361. The maximum Gasteiger partial charge on any atom is 0.150 e. The van der Waals surface area contributed by atoms with E-state index in [-0.39, 0.29) is 12.1 Å². The van der Waals surface area contributed by atoms with Crippen LogP contribution in [0.25, 0.3) is 0 Å². The van der Waals surface area contributed by atoms with Gasteiger partial charge in [-0.05, 0) is 19.3 Å². The van der Waals surface area contributed by atoms with Crippen LogP contribution in [0.1, 0.15) is 26.2 Å². The Morgan fingerprint density at radius 2 is 2.07 bits per heavy atom. The normalized spacial score (nSPS) is 24.0. The van der Waals surface area contributed by atoms with E-state index in [1.165, 1.54) is 0 Å². The van der Waals surface area contributed by atoms with Crippen molar-refractivity contribution in [2.24, 2.45) is 0 Å². The van der Waals surface area contributed by atoms with Gasteiger partial charge in [-0.2, -0.15) is 0 Å². The van der Waals surface area contributed by atoms with Crippen LogP contribution in [0.4, 0.5) is 0 Å². The van der Waals surface area contributed by atoms with E-state index in [0.29, 0.717) is 24.3 Å². The fraction of sp³-hybridized carbons (Fsp3) is 0.800. The van der Waals surface area contributed by atoms with Crippen LogP contribution in [-0.4, -0.2) is 32.0 Å². The summed E-state index contributed by atoms with van der Waals surface area (Å²) in [4.78, 5) is 0. The molecule has 1 aliphatic rings. The summed E-state index contributed by atoms with van der Waals surface area (Å²) in [6.45, 7) is 2.02. The minimum absolute atomic E-state index is 0.0841. The Balaban J connectivity index is 2.40. The number of rotatable bonds is 3. The Labute approximate surface area is 86.2 Å². The molecule has 0 bridgehead atoms. The van der Waals surface area contributed by atoms with E-state index < -0.39 is 9.84 Å². The van der Waals surface area contributed by atoms with Crippen molar-refractivity contribution < 1.29 is 8.42 Å². The van der Waals surface area contributed by atoms with E-state index in [4.69, 9.17) is 6.42 Å². The van der Waals surface area contributed by atoms with Gasteiger partial charge in [0.2, 0.25) is 0 Å². The predicted octanol–water partition coefficient (Wildman–Crippen LogP) is 0.565. The van der Waals surface area contributed by atoms with Gasteiger partial charge in [-0.1, -0.05) is 12.8 Å². The molecule has 1 N–H and O–H groups in total. The molecule has 0 aromatic carbocycles. The summed E-state index contributed by atoms with van der Waals surface area (Å²) in [7, 11) is -2.76. The van der Waals surface area contributed by atoms with Crippen molar-refractivity contribution in [1.82, 2.24) is 5.32 Å². The summed E-state index contributed by atoms with van der Waals surface area (Å²) < 4.78 is 22.3. The van der Waals surface area contributed by atoms with Crippen molar-refractivity contribution >= 4 is 9.84 Å². The average molecular weight is 215 g/mol. The second kappa shape index (κ2) is 4.81. The SMILES string of the molecule is C#CC(CC)NC1CCS(=O)(=O)CC1. The molecule has 80 valence electrons. The lowest BCUT2D eigenvalue weighted by Crippen LogP contribution is -2.42. The van der Waals surface area contributed by atoms with Crippen molar-refractivity contribution in [2.45, 2.75) is 38.3 Å². The molecule has 0 saturated carbocycles. The van der Waals surface area contributed by atoms with Crippen molar-refractivity contribution in [2.75, 3.05) is 11.5 Å². The van der Waals surface area contributed by atoms with Crippen LogP contribution in [0.15, 0.2) is 0 Å². The first-order chi connectivity index (χ1) is 6.57. The maximum absolute atomic E-state index is 11.2. The molecule has 1 fully saturated rings. The van der Waals surface area contributed by atoms with Gasteiger partial charge in [0.15, 0.2) is 0 Å². The molecule has 0 radical (unpaired) electrons. The molecule has 1 unspecified atom stereocenters. The topological polar surface area (TPSA) is 46.2 Å². The first kappa shape index (κ1) is 11.5. The van der Waals surface area contributed by atoms with Gasteiger partial charge in [-0.15, -0.1) is 6.42 Å². The van der Waals surface area contributed by atoms with Crippen molar-refractivity contribution in [1.29, 1.82) is 0 Å². The predicted molar refractivity (Wildman–Crippen MR) is 57.7 cm³/mol. The van der Waals surface area contributed by atoms with Crippen LogP contribution >= 0.6 is 0 Å². The number of terminal acetylenes is 1. The molecule has 1 aliphatic heterocycles. The van der Waals surface area contributed by atoms with Crippen LogP contribution in [0.3, 0.4) is 0 Å². The molecular formula is C10H17NO2S. The minimum atomic E-state index is -2.76. The van der Waals surface area contributed by atoms with Gasteiger partial charge in [0.05, 0.1) is 17.5 Å². The highest BCUT2D eigenvalue weighted by molar-refractivity contribution is 7.91. The monoisotopic (exact) mass is 215 g/mol. The van der Waals surface area contributed by atoms with Gasteiger partial charge in [0.25, 0.3) is 0 Å². The zero-order valence-electron chi connectivity index (χ0n) is 8.49. The van der Waals surface area contributed by atoms with Gasteiger partial charge in [-0.3, -0.25) is 0 Å². The Kier molecular flexibility index (Phi) is 3.97. The summed E-state index contributed by atoms with van der Waals surface area (Å²) in [5.41, 5.74) is 0. The Morgan fingerprint density at radius 3 is 2.50 bits per heavy atom. The van der Waals surface area contributed by atoms with E-state index in [2.05, 4.69) is 11.2 Å². The van der Waals surface area contributed by atoms with Crippen LogP contribution < -0.4 is 5.32 Å². The smallest absolute Gasteiger partial charge is 0.150 e. The fourth-order valence-corrected chi connectivity index (χ4v) is 3.12. The number of hydrogen-bond acceptors (Lipinski definition) is 3. The standard InChI is InChI=1S/C10H17NO2S/c1-3-9(4-2)11-10-5-7-14(12,13)8-6-10/h1,9-11H,4-8H2,2H3. The molecule has 0 amide bonds. The first-order valence-corrected chi connectivity index (χ1v) is 6.82. The molecule has 0 aromatic rings. The molecule has 14 heavy (non-hydrogen) atoms. The second-order valence-electron chi connectivity index (χ2n) is 3.72. The highest BCUT2D eigenvalue weighted by Gasteiger charge is 2.24. The van der Waals surface area contributed by atoms with E-state index in [1.807, 2.05) is 6.92 Å². The average Bonchev–Trinajstić information content (AvgIpc) is 2.16. The van der Waals surface area contributed by atoms with Gasteiger partial charge >= 0.3 is 0 Å². The van der Waals surface area contributed by atoms with Crippen LogP contribution in [0, 0.1) is 12.3 Å². The number of sulfone groups is 1. The fourth-order valence-electron chi connectivity index (χ4n) is 1.63. The van der Waals surface area contributed by atoms with Gasteiger partial charge in [0, 0.05) is 6.04 Å². The lowest BCUT2D eigenvalue weighted by atomic mass is 10.1.